The summed E-state index contributed by atoms with van der Waals surface area (Å²) in [5, 5.41) is 7.48. The maximum absolute atomic E-state index is 11.4. The number of hydrogen-bond donors (Lipinski definition) is 2. The minimum Gasteiger partial charge on any atom is -0.382 e. The van der Waals surface area contributed by atoms with E-state index in [1.807, 2.05) is 6.07 Å². The largest absolute Gasteiger partial charge is 0.382 e. The number of rotatable bonds is 4. The predicted octanol–water partition coefficient (Wildman–Crippen LogP) is 1.92. The molecule has 0 atom stereocenters. The van der Waals surface area contributed by atoms with Crippen LogP contribution in [0.2, 0.25) is 0 Å². The molecule has 0 saturated heterocycles. The van der Waals surface area contributed by atoms with Gasteiger partial charge in [-0.1, -0.05) is 11.8 Å². The van der Waals surface area contributed by atoms with E-state index in [0.717, 1.165) is 9.79 Å². The van der Waals surface area contributed by atoms with Crippen molar-refractivity contribution >= 4 is 27.4 Å². The van der Waals surface area contributed by atoms with E-state index >= 15 is 0 Å². The average Bonchev–Trinajstić information content (AvgIpc) is 2.38. The molecule has 0 aliphatic rings. The molecule has 1 aromatic carbocycles. The smallest absolute Gasteiger partial charge is 0.175 e. The van der Waals surface area contributed by atoms with E-state index in [2.05, 4.69) is 4.98 Å². The number of aromatic nitrogens is 1. The third-order valence-corrected chi connectivity index (χ3v) is 4.69. The van der Waals surface area contributed by atoms with E-state index < -0.39 is 9.84 Å². The Hall–Kier alpha value is -1.86. The number of sulfone groups is 1. The van der Waals surface area contributed by atoms with Crippen LogP contribution in [0.5, 0.6) is 0 Å². The normalized spacial score (nSPS) is 11.2. The van der Waals surface area contributed by atoms with Gasteiger partial charge in [0.15, 0.2) is 9.84 Å². The van der Waals surface area contributed by atoms with Crippen LogP contribution in [0.25, 0.3) is 0 Å². The first-order valence-corrected chi connectivity index (χ1v) is 8.36. The van der Waals surface area contributed by atoms with Crippen molar-refractivity contribution < 1.29 is 8.42 Å². The molecule has 5 nitrogen and oxygen atoms in total. The number of amidine groups is 1. The number of nitrogens with two attached hydrogens (primary N) is 1. The van der Waals surface area contributed by atoms with Crippen molar-refractivity contribution in [3.8, 4) is 0 Å². The quantitative estimate of drug-likeness (QED) is 0.664. The fourth-order valence-electron chi connectivity index (χ4n) is 1.56. The number of nitrogens with zero attached hydrogens (tertiary/aromatic N) is 1. The molecule has 104 valence electrons. The zero-order valence-electron chi connectivity index (χ0n) is 10.7. The number of benzene rings is 1. The molecular weight excluding hydrogens is 294 g/mol. The number of nitrogens with one attached hydrogen (secondary N) is 1. The van der Waals surface area contributed by atoms with Gasteiger partial charge in [-0.25, -0.2) is 8.42 Å². The Kier molecular flexibility index (Phi) is 4.10. The number of hydrogen-bond acceptors (Lipinski definition) is 5. The van der Waals surface area contributed by atoms with Crippen LogP contribution in [0, 0.1) is 5.41 Å². The third-order valence-electron chi connectivity index (χ3n) is 2.51. The molecule has 0 spiro atoms. The second kappa shape index (κ2) is 5.64. The molecular formula is C13H13N3O2S2. The highest BCUT2D eigenvalue weighted by Gasteiger charge is 2.10. The molecule has 2 aromatic rings. The highest BCUT2D eigenvalue weighted by Crippen LogP contribution is 2.30. The molecule has 1 heterocycles. The molecule has 0 aliphatic carbocycles. The van der Waals surface area contributed by atoms with Gasteiger partial charge in [0, 0.05) is 22.2 Å². The fraction of sp³-hybridized carbons (Fsp3) is 0.0769. The molecule has 0 radical (unpaired) electrons. The molecule has 0 saturated carbocycles. The topological polar surface area (TPSA) is 96.9 Å². The van der Waals surface area contributed by atoms with E-state index in [1.54, 1.807) is 36.5 Å². The Labute approximate surface area is 121 Å². The summed E-state index contributed by atoms with van der Waals surface area (Å²) in [6, 6.07) is 10.1. The number of nitrogen functional groups attached to an aromatic ring is 1. The summed E-state index contributed by atoms with van der Waals surface area (Å²) in [5.74, 6) is -0.0964. The lowest BCUT2D eigenvalue weighted by Gasteiger charge is -2.07. The molecule has 20 heavy (non-hydrogen) atoms. The molecule has 0 fully saturated rings. The molecule has 0 aliphatic heterocycles. The van der Waals surface area contributed by atoms with Crippen molar-refractivity contribution in [2.75, 3.05) is 6.26 Å². The maximum Gasteiger partial charge on any atom is 0.175 e. The lowest BCUT2D eigenvalue weighted by molar-refractivity contribution is 0.602. The van der Waals surface area contributed by atoms with Crippen molar-refractivity contribution in [1.82, 2.24) is 4.98 Å². The molecule has 0 amide bonds. The molecule has 7 heteroatoms. The van der Waals surface area contributed by atoms with E-state index in [9.17, 15) is 8.42 Å². The minimum absolute atomic E-state index is 0.0964. The van der Waals surface area contributed by atoms with Crippen LogP contribution < -0.4 is 5.73 Å². The summed E-state index contributed by atoms with van der Waals surface area (Å²) in [6.07, 6.45) is 2.75. The summed E-state index contributed by atoms with van der Waals surface area (Å²) in [6.45, 7) is 0. The van der Waals surface area contributed by atoms with Gasteiger partial charge in [0.1, 0.15) is 11.5 Å². The van der Waals surface area contributed by atoms with Crippen LogP contribution in [-0.4, -0.2) is 25.5 Å². The van der Waals surface area contributed by atoms with Gasteiger partial charge in [0.05, 0.1) is 4.90 Å². The van der Waals surface area contributed by atoms with Gasteiger partial charge in [-0.3, -0.25) is 10.4 Å². The summed E-state index contributed by atoms with van der Waals surface area (Å²) in [5.41, 5.74) is 5.90. The Balaban J connectivity index is 2.30. The maximum atomic E-state index is 11.4. The zero-order chi connectivity index (χ0) is 14.8. The Morgan fingerprint density at radius 1 is 1.25 bits per heavy atom. The van der Waals surface area contributed by atoms with Gasteiger partial charge in [-0.2, -0.15) is 0 Å². The minimum atomic E-state index is -3.19. The second-order valence-electron chi connectivity index (χ2n) is 4.11. The first-order chi connectivity index (χ1) is 9.38. The van der Waals surface area contributed by atoms with Crippen LogP contribution in [0.3, 0.4) is 0 Å². The van der Waals surface area contributed by atoms with Gasteiger partial charge in [-0.15, -0.1) is 0 Å². The summed E-state index contributed by atoms with van der Waals surface area (Å²) in [4.78, 5) is 5.95. The van der Waals surface area contributed by atoms with Crippen molar-refractivity contribution in [3.63, 3.8) is 0 Å². The van der Waals surface area contributed by atoms with Crippen molar-refractivity contribution in [2.24, 2.45) is 5.73 Å². The lowest BCUT2D eigenvalue weighted by atomic mass is 10.3. The van der Waals surface area contributed by atoms with Crippen molar-refractivity contribution in [2.45, 2.75) is 14.7 Å². The van der Waals surface area contributed by atoms with Crippen molar-refractivity contribution in [3.05, 3.63) is 48.3 Å². The van der Waals surface area contributed by atoms with Crippen LogP contribution >= 0.6 is 11.8 Å². The highest BCUT2D eigenvalue weighted by molar-refractivity contribution is 7.99. The van der Waals surface area contributed by atoms with E-state index in [1.165, 1.54) is 18.0 Å². The van der Waals surface area contributed by atoms with Crippen molar-refractivity contribution in [1.29, 1.82) is 5.41 Å². The highest BCUT2D eigenvalue weighted by atomic mass is 32.2. The number of pyridine rings is 1. The molecule has 0 bridgehead atoms. The van der Waals surface area contributed by atoms with Crippen LogP contribution in [0.1, 0.15) is 5.69 Å². The first kappa shape index (κ1) is 14.5. The van der Waals surface area contributed by atoms with Gasteiger partial charge in [0.25, 0.3) is 0 Å². The van der Waals surface area contributed by atoms with E-state index in [4.69, 9.17) is 11.1 Å². The average molecular weight is 307 g/mol. The van der Waals surface area contributed by atoms with Gasteiger partial charge < -0.3 is 5.73 Å². The second-order valence-corrected chi connectivity index (χ2v) is 7.24. The third kappa shape index (κ3) is 3.37. The molecule has 3 N–H and O–H groups in total. The lowest BCUT2D eigenvalue weighted by Crippen LogP contribution is -2.14. The summed E-state index contributed by atoms with van der Waals surface area (Å²) >= 11 is 1.38. The Morgan fingerprint density at radius 3 is 2.45 bits per heavy atom. The SMILES string of the molecule is CS(=O)(=O)c1ccc(Sc2cccnc2C(=N)N)cc1. The van der Waals surface area contributed by atoms with E-state index in [-0.39, 0.29) is 10.7 Å². The van der Waals surface area contributed by atoms with E-state index in [0.29, 0.717) is 5.69 Å². The first-order valence-electron chi connectivity index (χ1n) is 5.65. The summed E-state index contributed by atoms with van der Waals surface area (Å²) < 4.78 is 22.8. The van der Waals surface area contributed by atoms with Gasteiger partial charge in [0.2, 0.25) is 0 Å². The molecule has 1 aromatic heterocycles. The zero-order valence-corrected chi connectivity index (χ0v) is 12.3. The fourth-order valence-corrected chi connectivity index (χ4v) is 3.12. The molecule has 0 unspecified atom stereocenters. The predicted molar refractivity (Wildman–Crippen MR) is 78.9 cm³/mol. The Bertz CT molecular complexity index is 740. The molecule has 2 rings (SSSR count). The van der Waals surface area contributed by atoms with Gasteiger partial charge >= 0.3 is 0 Å². The monoisotopic (exact) mass is 307 g/mol. The van der Waals surface area contributed by atoms with Crippen LogP contribution in [0.4, 0.5) is 0 Å². The Morgan fingerprint density at radius 2 is 1.90 bits per heavy atom. The van der Waals surface area contributed by atoms with Crippen LogP contribution in [0.15, 0.2) is 57.3 Å². The summed E-state index contributed by atoms with van der Waals surface area (Å²) in [7, 11) is -3.19. The van der Waals surface area contributed by atoms with Crippen LogP contribution in [-0.2, 0) is 9.84 Å². The standard InChI is InChI=1S/C13H13N3O2S2/c1-20(17,18)10-6-4-9(5-7-10)19-11-3-2-8-16-12(11)13(14)15/h2-8H,1H3,(H3,14,15). The van der Waals surface area contributed by atoms with Gasteiger partial charge in [-0.05, 0) is 36.4 Å².